The molecule has 0 bridgehead atoms. The molecule has 0 aliphatic heterocycles. The molecule has 0 saturated carbocycles. The van der Waals surface area contributed by atoms with E-state index in [2.05, 4.69) is 43.5 Å². The van der Waals surface area contributed by atoms with E-state index in [1.54, 1.807) is 13.0 Å². The molecule has 0 radical (unpaired) electrons. The number of rotatable bonds is 6. The first kappa shape index (κ1) is 16.4. The summed E-state index contributed by atoms with van der Waals surface area (Å²) in [7, 11) is 0. The van der Waals surface area contributed by atoms with E-state index < -0.39 is 0 Å². The smallest absolute Gasteiger partial charge is 0.270 e. The monoisotopic (exact) mass is 362 g/mol. The third-order valence-electron chi connectivity index (χ3n) is 2.98. The quantitative estimate of drug-likeness (QED) is 0.766. The summed E-state index contributed by atoms with van der Waals surface area (Å²) in [4.78, 5) is 20.6. The summed E-state index contributed by atoms with van der Waals surface area (Å²) in [6.45, 7) is 4.52. The highest BCUT2D eigenvalue weighted by atomic mass is 79.9. The second kappa shape index (κ2) is 7.89. The number of hydrogen-bond acceptors (Lipinski definition) is 4. The fourth-order valence-corrected chi connectivity index (χ4v) is 2.33. The van der Waals surface area contributed by atoms with Gasteiger partial charge in [-0.3, -0.25) is 4.79 Å². The van der Waals surface area contributed by atoms with Crippen LogP contribution in [-0.4, -0.2) is 22.4 Å². The third-order valence-corrected chi connectivity index (χ3v) is 3.48. The number of nitrogens with one attached hydrogen (secondary N) is 2. The molecule has 5 nitrogen and oxygen atoms in total. The van der Waals surface area contributed by atoms with Crippen molar-refractivity contribution >= 4 is 33.3 Å². The van der Waals surface area contributed by atoms with Gasteiger partial charge in [-0.25, -0.2) is 9.97 Å². The minimum Gasteiger partial charge on any atom is -0.351 e. The summed E-state index contributed by atoms with van der Waals surface area (Å²) < 4.78 is 0.973. The van der Waals surface area contributed by atoms with Crippen molar-refractivity contribution in [1.82, 2.24) is 15.3 Å². The number of halogens is 1. The summed E-state index contributed by atoms with van der Waals surface area (Å²) in [5.41, 5.74) is 1.27. The highest BCUT2D eigenvalue weighted by molar-refractivity contribution is 9.10. The molecule has 116 valence electrons. The molecule has 0 aliphatic rings. The standard InChI is InChI=1S/C16H19BrN4O/c1-3-4-8-18-16(22)14-10-15(20-11(2)19-14)21-13-7-5-6-12(17)9-13/h5-7,9-10H,3-4,8H2,1-2H3,(H,18,22)(H,19,20,21). The highest BCUT2D eigenvalue weighted by Gasteiger charge is 2.10. The highest BCUT2D eigenvalue weighted by Crippen LogP contribution is 2.19. The fourth-order valence-electron chi connectivity index (χ4n) is 1.93. The Balaban J connectivity index is 2.14. The average molecular weight is 363 g/mol. The first-order valence-electron chi connectivity index (χ1n) is 7.25. The van der Waals surface area contributed by atoms with Gasteiger partial charge in [-0.05, 0) is 31.5 Å². The van der Waals surface area contributed by atoms with Crippen molar-refractivity contribution in [3.63, 3.8) is 0 Å². The number of amides is 1. The van der Waals surface area contributed by atoms with Crippen molar-refractivity contribution in [2.45, 2.75) is 26.7 Å². The average Bonchev–Trinajstić information content (AvgIpc) is 2.46. The zero-order chi connectivity index (χ0) is 15.9. The van der Waals surface area contributed by atoms with Crippen LogP contribution >= 0.6 is 15.9 Å². The number of carbonyl (C=O) groups excluding carboxylic acids is 1. The van der Waals surface area contributed by atoms with Crippen LogP contribution in [0.1, 0.15) is 36.1 Å². The molecule has 2 N–H and O–H groups in total. The van der Waals surface area contributed by atoms with Gasteiger partial charge in [0.05, 0.1) is 0 Å². The molecule has 1 amide bonds. The SMILES string of the molecule is CCCCNC(=O)c1cc(Nc2cccc(Br)c2)nc(C)n1. The van der Waals surface area contributed by atoms with Crippen LogP contribution in [0, 0.1) is 6.92 Å². The maximum Gasteiger partial charge on any atom is 0.270 e. The van der Waals surface area contributed by atoms with Crippen LogP contribution in [0.5, 0.6) is 0 Å². The number of benzene rings is 1. The first-order chi connectivity index (χ1) is 10.6. The van der Waals surface area contributed by atoms with Gasteiger partial charge in [0, 0.05) is 22.8 Å². The lowest BCUT2D eigenvalue weighted by atomic mass is 10.3. The predicted molar refractivity (Wildman–Crippen MR) is 91.4 cm³/mol. The lowest BCUT2D eigenvalue weighted by Gasteiger charge is -2.09. The van der Waals surface area contributed by atoms with E-state index in [4.69, 9.17) is 0 Å². The van der Waals surface area contributed by atoms with Gasteiger partial charge >= 0.3 is 0 Å². The molecule has 2 rings (SSSR count). The Hall–Kier alpha value is -1.95. The number of anilines is 2. The molecular formula is C16H19BrN4O. The van der Waals surface area contributed by atoms with Crippen molar-refractivity contribution in [1.29, 1.82) is 0 Å². The molecule has 0 atom stereocenters. The molecule has 0 unspecified atom stereocenters. The zero-order valence-electron chi connectivity index (χ0n) is 12.7. The molecule has 0 saturated heterocycles. The lowest BCUT2D eigenvalue weighted by Crippen LogP contribution is -2.25. The van der Waals surface area contributed by atoms with Gasteiger partial charge < -0.3 is 10.6 Å². The second-order valence-electron chi connectivity index (χ2n) is 4.93. The van der Waals surface area contributed by atoms with E-state index in [1.807, 2.05) is 24.3 Å². The van der Waals surface area contributed by atoms with Crippen molar-refractivity contribution in [3.8, 4) is 0 Å². The van der Waals surface area contributed by atoms with Gasteiger partial charge in [-0.2, -0.15) is 0 Å². The van der Waals surface area contributed by atoms with E-state index >= 15 is 0 Å². The fraction of sp³-hybridized carbons (Fsp3) is 0.312. The molecule has 0 fully saturated rings. The van der Waals surface area contributed by atoms with Crippen LogP contribution < -0.4 is 10.6 Å². The largest absolute Gasteiger partial charge is 0.351 e. The molecule has 6 heteroatoms. The van der Waals surface area contributed by atoms with Gasteiger partial charge in [0.1, 0.15) is 17.3 Å². The molecule has 22 heavy (non-hydrogen) atoms. The topological polar surface area (TPSA) is 66.9 Å². The van der Waals surface area contributed by atoms with Gasteiger partial charge in [-0.1, -0.05) is 35.3 Å². The summed E-state index contributed by atoms with van der Waals surface area (Å²) >= 11 is 3.43. The summed E-state index contributed by atoms with van der Waals surface area (Å²) in [5, 5.41) is 6.05. The summed E-state index contributed by atoms with van der Waals surface area (Å²) in [5.74, 6) is 0.989. The van der Waals surface area contributed by atoms with Crippen LogP contribution in [0.15, 0.2) is 34.8 Å². The van der Waals surface area contributed by atoms with Gasteiger partial charge in [-0.15, -0.1) is 0 Å². The Bertz CT molecular complexity index is 660. The van der Waals surface area contributed by atoms with Gasteiger partial charge in [0.15, 0.2) is 0 Å². The number of carbonyl (C=O) groups is 1. The molecule has 1 heterocycles. The maximum absolute atomic E-state index is 12.1. The van der Waals surface area contributed by atoms with Crippen LogP contribution in [0.25, 0.3) is 0 Å². The van der Waals surface area contributed by atoms with Crippen molar-refractivity contribution < 1.29 is 4.79 Å². The van der Waals surface area contributed by atoms with Crippen LogP contribution in [0.3, 0.4) is 0 Å². The zero-order valence-corrected chi connectivity index (χ0v) is 14.3. The van der Waals surface area contributed by atoms with Crippen LogP contribution in [0.2, 0.25) is 0 Å². The number of aryl methyl sites for hydroxylation is 1. The Morgan fingerprint density at radius 2 is 2.09 bits per heavy atom. The Morgan fingerprint density at radius 1 is 1.27 bits per heavy atom. The molecular weight excluding hydrogens is 344 g/mol. The number of nitrogens with zero attached hydrogens (tertiary/aromatic N) is 2. The van der Waals surface area contributed by atoms with Crippen LogP contribution in [0.4, 0.5) is 11.5 Å². The Labute approximate surface area is 138 Å². The van der Waals surface area contributed by atoms with Crippen LogP contribution in [-0.2, 0) is 0 Å². The van der Waals surface area contributed by atoms with E-state index in [0.29, 0.717) is 23.9 Å². The molecule has 0 spiro atoms. The van der Waals surface area contributed by atoms with Gasteiger partial charge in [0.2, 0.25) is 0 Å². The van der Waals surface area contributed by atoms with E-state index in [0.717, 1.165) is 23.0 Å². The predicted octanol–water partition coefficient (Wildman–Crippen LogP) is 3.82. The van der Waals surface area contributed by atoms with Crippen molar-refractivity contribution in [2.75, 3.05) is 11.9 Å². The van der Waals surface area contributed by atoms with Crippen molar-refractivity contribution in [2.24, 2.45) is 0 Å². The summed E-state index contributed by atoms with van der Waals surface area (Å²) in [6.07, 6.45) is 2.00. The van der Waals surface area contributed by atoms with E-state index in [1.165, 1.54) is 0 Å². The van der Waals surface area contributed by atoms with Gasteiger partial charge in [0.25, 0.3) is 5.91 Å². The number of unbranched alkanes of at least 4 members (excludes halogenated alkanes) is 1. The second-order valence-corrected chi connectivity index (χ2v) is 5.85. The molecule has 1 aromatic heterocycles. The minimum atomic E-state index is -0.170. The van der Waals surface area contributed by atoms with Crippen molar-refractivity contribution in [3.05, 3.63) is 46.3 Å². The number of hydrogen-bond donors (Lipinski definition) is 2. The molecule has 2 aromatic rings. The summed E-state index contributed by atoms with van der Waals surface area (Å²) in [6, 6.07) is 9.42. The normalized spacial score (nSPS) is 10.3. The molecule has 1 aromatic carbocycles. The lowest BCUT2D eigenvalue weighted by molar-refractivity contribution is 0.0948. The number of aromatic nitrogens is 2. The first-order valence-corrected chi connectivity index (χ1v) is 8.04. The minimum absolute atomic E-state index is 0.170. The Kier molecular flexibility index (Phi) is 5.89. The molecule has 0 aliphatic carbocycles. The maximum atomic E-state index is 12.1. The van der Waals surface area contributed by atoms with E-state index in [-0.39, 0.29) is 5.91 Å². The Morgan fingerprint density at radius 3 is 2.82 bits per heavy atom. The third kappa shape index (κ3) is 4.80. The van der Waals surface area contributed by atoms with E-state index in [9.17, 15) is 4.79 Å².